The monoisotopic (exact) mass is 218 g/mol. The van der Waals surface area contributed by atoms with Gasteiger partial charge in [0.15, 0.2) is 0 Å². The Labute approximate surface area is 93.4 Å². The van der Waals surface area contributed by atoms with Crippen LogP contribution in [-0.2, 0) is 0 Å². The first-order valence-corrected chi connectivity index (χ1v) is 5.49. The van der Waals surface area contributed by atoms with Gasteiger partial charge in [-0.1, -0.05) is 5.16 Å². The predicted octanol–water partition coefficient (Wildman–Crippen LogP) is 1.02. The Morgan fingerprint density at radius 1 is 1.56 bits per heavy atom. The van der Waals surface area contributed by atoms with Gasteiger partial charge in [-0.2, -0.15) is 0 Å². The van der Waals surface area contributed by atoms with Crippen LogP contribution >= 0.6 is 0 Å². The van der Waals surface area contributed by atoms with Gasteiger partial charge in [0, 0.05) is 25.8 Å². The van der Waals surface area contributed by atoms with Gasteiger partial charge in [0.1, 0.15) is 0 Å². The molecule has 0 bridgehead atoms. The first kappa shape index (κ1) is 9.59. The predicted molar refractivity (Wildman–Crippen MR) is 61.5 cm³/mol. The molecule has 0 radical (unpaired) electrons. The van der Waals surface area contributed by atoms with Gasteiger partial charge < -0.3 is 14.7 Å². The third-order valence-electron chi connectivity index (χ3n) is 3.21. The van der Waals surface area contributed by atoms with Crippen molar-refractivity contribution >= 4 is 16.8 Å². The lowest BCUT2D eigenvalue weighted by Crippen LogP contribution is -2.33. The molecule has 1 N–H and O–H groups in total. The van der Waals surface area contributed by atoms with Crippen LogP contribution in [-0.4, -0.2) is 36.3 Å². The van der Waals surface area contributed by atoms with Crippen LogP contribution in [0.1, 0.15) is 6.42 Å². The van der Waals surface area contributed by atoms with Crippen LogP contribution in [0.15, 0.2) is 23.0 Å². The van der Waals surface area contributed by atoms with Gasteiger partial charge in [0.05, 0.1) is 17.3 Å². The second-order valence-corrected chi connectivity index (χ2v) is 4.13. The summed E-state index contributed by atoms with van der Waals surface area (Å²) in [6.07, 6.45) is 4.67. The molecule has 1 aliphatic rings. The Morgan fingerprint density at radius 2 is 2.50 bits per heavy atom. The topological polar surface area (TPSA) is 54.2 Å². The lowest BCUT2D eigenvalue weighted by Gasteiger charge is -2.26. The summed E-state index contributed by atoms with van der Waals surface area (Å²) in [5.74, 6) is 0. The zero-order valence-corrected chi connectivity index (χ0v) is 9.18. The van der Waals surface area contributed by atoms with E-state index in [1.165, 1.54) is 6.42 Å². The van der Waals surface area contributed by atoms with E-state index in [0.29, 0.717) is 11.8 Å². The number of rotatable bonds is 2. The number of nitrogens with zero attached hydrogens (tertiary/aromatic N) is 3. The molecular weight excluding hydrogens is 204 g/mol. The van der Waals surface area contributed by atoms with Crippen LogP contribution in [0.5, 0.6) is 0 Å². The van der Waals surface area contributed by atoms with Crippen molar-refractivity contribution < 1.29 is 4.52 Å². The molecule has 0 saturated carbocycles. The zero-order valence-electron chi connectivity index (χ0n) is 9.18. The molecular formula is C11H14N4O. The number of aromatic nitrogens is 2. The third kappa shape index (κ3) is 1.44. The minimum absolute atomic E-state index is 0.542. The molecule has 1 unspecified atom stereocenters. The number of hydrogen-bond acceptors (Lipinski definition) is 5. The lowest BCUT2D eigenvalue weighted by molar-refractivity contribution is 0.448. The van der Waals surface area contributed by atoms with Crippen LogP contribution in [0.2, 0.25) is 0 Å². The summed E-state index contributed by atoms with van der Waals surface area (Å²) >= 11 is 0. The maximum atomic E-state index is 5.07. The van der Waals surface area contributed by atoms with Crippen molar-refractivity contribution in [3.8, 4) is 0 Å². The Kier molecular flexibility index (Phi) is 2.25. The number of nitrogens with one attached hydrogen (secondary N) is 1. The van der Waals surface area contributed by atoms with Gasteiger partial charge in [0.25, 0.3) is 5.71 Å². The third-order valence-corrected chi connectivity index (χ3v) is 3.21. The van der Waals surface area contributed by atoms with E-state index in [1.807, 2.05) is 6.07 Å². The highest BCUT2D eigenvalue weighted by Crippen LogP contribution is 2.26. The van der Waals surface area contributed by atoms with Crippen molar-refractivity contribution in [1.82, 2.24) is 15.5 Å². The van der Waals surface area contributed by atoms with E-state index in [2.05, 4.69) is 27.4 Å². The molecule has 0 spiro atoms. The van der Waals surface area contributed by atoms with Gasteiger partial charge in [0.2, 0.25) is 0 Å². The van der Waals surface area contributed by atoms with E-state index < -0.39 is 0 Å². The van der Waals surface area contributed by atoms with Gasteiger partial charge >= 0.3 is 0 Å². The summed E-state index contributed by atoms with van der Waals surface area (Å²) in [7, 11) is 2.11. The van der Waals surface area contributed by atoms with Crippen LogP contribution < -0.4 is 10.2 Å². The van der Waals surface area contributed by atoms with Crippen molar-refractivity contribution in [1.29, 1.82) is 0 Å². The zero-order chi connectivity index (χ0) is 11.0. The van der Waals surface area contributed by atoms with Crippen LogP contribution in [0.4, 0.5) is 5.69 Å². The van der Waals surface area contributed by atoms with Crippen molar-refractivity contribution in [2.24, 2.45) is 0 Å². The summed E-state index contributed by atoms with van der Waals surface area (Å²) in [6.45, 7) is 2.12. The molecule has 16 heavy (non-hydrogen) atoms. The molecule has 1 atom stereocenters. The molecule has 1 fully saturated rings. The summed E-state index contributed by atoms with van der Waals surface area (Å²) in [4.78, 5) is 6.42. The largest absolute Gasteiger partial charge is 0.370 e. The van der Waals surface area contributed by atoms with E-state index in [9.17, 15) is 0 Å². The summed E-state index contributed by atoms with van der Waals surface area (Å²) in [5.41, 5.74) is 1.75. The Bertz CT molecular complexity index is 489. The van der Waals surface area contributed by atoms with Crippen molar-refractivity contribution in [2.75, 3.05) is 25.0 Å². The standard InChI is InChI=1S/C11H14N4O/c1-15(8-2-4-12-6-8)10-3-5-13-11-9(10)7-14-16-11/h3,5,7-8,12H,2,4,6H2,1H3. The smallest absolute Gasteiger partial charge is 0.259 e. The summed E-state index contributed by atoms with van der Waals surface area (Å²) in [5, 5.41) is 8.14. The first-order valence-electron chi connectivity index (χ1n) is 5.49. The fourth-order valence-corrected chi connectivity index (χ4v) is 2.24. The molecule has 2 aromatic heterocycles. The fourth-order valence-electron chi connectivity index (χ4n) is 2.24. The Balaban J connectivity index is 2.00. The molecule has 0 aromatic carbocycles. The molecule has 0 aliphatic carbocycles. The maximum Gasteiger partial charge on any atom is 0.259 e. The number of hydrogen-bond donors (Lipinski definition) is 1. The fraction of sp³-hybridized carbons (Fsp3) is 0.455. The first-order chi connectivity index (χ1) is 7.86. The van der Waals surface area contributed by atoms with E-state index >= 15 is 0 Å². The highest BCUT2D eigenvalue weighted by Gasteiger charge is 2.21. The van der Waals surface area contributed by atoms with E-state index in [4.69, 9.17) is 4.52 Å². The molecule has 5 nitrogen and oxygen atoms in total. The average molecular weight is 218 g/mol. The lowest BCUT2D eigenvalue weighted by atomic mass is 10.2. The highest BCUT2D eigenvalue weighted by atomic mass is 16.5. The van der Waals surface area contributed by atoms with E-state index in [0.717, 1.165) is 24.2 Å². The quantitative estimate of drug-likeness (QED) is 0.815. The molecule has 5 heteroatoms. The number of likely N-dealkylation sites (N-methyl/N-ethyl adjacent to an activating group) is 1. The average Bonchev–Trinajstić information content (AvgIpc) is 2.98. The minimum atomic E-state index is 0.542. The molecule has 84 valence electrons. The number of pyridine rings is 1. The summed E-state index contributed by atoms with van der Waals surface area (Å²) < 4.78 is 5.07. The Hall–Kier alpha value is -1.62. The maximum absolute atomic E-state index is 5.07. The van der Waals surface area contributed by atoms with Crippen molar-refractivity contribution in [2.45, 2.75) is 12.5 Å². The number of anilines is 1. The van der Waals surface area contributed by atoms with Crippen molar-refractivity contribution in [3.63, 3.8) is 0 Å². The molecule has 3 rings (SSSR count). The Morgan fingerprint density at radius 3 is 3.31 bits per heavy atom. The molecule has 1 saturated heterocycles. The van der Waals surface area contributed by atoms with E-state index in [-0.39, 0.29) is 0 Å². The van der Waals surface area contributed by atoms with E-state index in [1.54, 1.807) is 12.4 Å². The van der Waals surface area contributed by atoms with Crippen LogP contribution in [0.3, 0.4) is 0 Å². The number of fused-ring (bicyclic) bond motifs is 1. The normalized spacial score (nSPS) is 20.4. The minimum Gasteiger partial charge on any atom is -0.370 e. The molecule has 1 aliphatic heterocycles. The molecule has 2 aromatic rings. The van der Waals surface area contributed by atoms with Gasteiger partial charge in [-0.05, 0) is 19.0 Å². The van der Waals surface area contributed by atoms with Gasteiger partial charge in [-0.15, -0.1) is 0 Å². The second kappa shape index (κ2) is 3.75. The van der Waals surface area contributed by atoms with Crippen LogP contribution in [0.25, 0.3) is 11.1 Å². The highest BCUT2D eigenvalue weighted by molar-refractivity contribution is 5.87. The van der Waals surface area contributed by atoms with Gasteiger partial charge in [-0.25, -0.2) is 4.98 Å². The molecule has 3 heterocycles. The van der Waals surface area contributed by atoms with Gasteiger partial charge in [-0.3, -0.25) is 0 Å². The van der Waals surface area contributed by atoms with Crippen molar-refractivity contribution in [3.05, 3.63) is 18.5 Å². The summed E-state index contributed by atoms with van der Waals surface area (Å²) in [6, 6.07) is 2.55. The molecule has 0 amide bonds. The second-order valence-electron chi connectivity index (χ2n) is 4.13. The SMILES string of the molecule is CN(c1ccnc2oncc12)C1CCNC1. The van der Waals surface area contributed by atoms with Crippen LogP contribution in [0, 0.1) is 0 Å².